The molecule has 0 aromatic heterocycles. The van der Waals surface area contributed by atoms with Crippen molar-refractivity contribution in [2.75, 3.05) is 6.54 Å². The van der Waals surface area contributed by atoms with Crippen molar-refractivity contribution in [3.8, 4) is 5.75 Å². The second-order valence-corrected chi connectivity index (χ2v) is 9.23. The Morgan fingerprint density at radius 3 is 2.03 bits per heavy atom. The van der Waals surface area contributed by atoms with Crippen molar-refractivity contribution in [2.45, 2.75) is 71.2 Å². The van der Waals surface area contributed by atoms with Crippen molar-refractivity contribution < 1.29 is 39.5 Å². The standard InChI is InChI=1S/C26H35NO7/c1-16(2)27(17(3)4,34-24(26(32)33)23(29)25(30)31)14-13-20(19-9-7-6-8-10-19)21-15-18(5)11-12-22(21)28/h6-12,15-17,20,23-24,29H,13-14H2,1-5H3,(H2-,28,30,31,32,33)/p+1/t20-,23?,24?/m1/s1. The summed E-state index contributed by atoms with van der Waals surface area (Å²) in [5.41, 5.74) is 2.72. The van der Waals surface area contributed by atoms with Gasteiger partial charge in [0, 0.05) is 17.9 Å². The van der Waals surface area contributed by atoms with Crippen LogP contribution in [-0.4, -0.2) is 67.8 Å². The number of rotatable bonds is 12. The normalized spacial score (nSPS) is 14.7. The molecule has 2 aromatic rings. The molecule has 3 atom stereocenters. The topological polar surface area (TPSA) is 124 Å². The van der Waals surface area contributed by atoms with Gasteiger partial charge < -0.3 is 20.4 Å². The average molecular weight is 475 g/mol. The molecule has 0 bridgehead atoms. The number of phenolic OH excluding ortho intramolecular Hbond substituents is 1. The van der Waals surface area contributed by atoms with E-state index in [1.54, 1.807) is 6.07 Å². The summed E-state index contributed by atoms with van der Waals surface area (Å²) in [5.74, 6) is -3.26. The minimum atomic E-state index is -2.21. The lowest BCUT2D eigenvalue weighted by atomic mass is 9.86. The number of phenols is 1. The van der Waals surface area contributed by atoms with E-state index in [2.05, 4.69) is 0 Å². The molecule has 0 amide bonds. The first kappa shape index (κ1) is 27.3. The van der Waals surface area contributed by atoms with Gasteiger partial charge in [0.1, 0.15) is 24.4 Å². The second-order valence-electron chi connectivity index (χ2n) is 9.23. The smallest absolute Gasteiger partial charge is 0.342 e. The molecule has 186 valence electrons. The van der Waals surface area contributed by atoms with Gasteiger partial charge in [-0.3, -0.25) is 0 Å². The molecule has 34 heavy (non-hydrogen) atoms. The number of aliphatic hydroxyl groups excluding tert-OH is 1. The molecule has 2 unspecified atom stereocenters. The molecular weight excluding hydrogens is 438 g/mol. The maximum absolute atomic E-state index is 11.8. The van der Waals surface area contributed by atoms with Crippen LogP contribution in [-0.2, 0) is 14.4 Å². The lowest BCUT2D eigenvalue weighted by Gasteiger charge is -2.44. The van der Waals surface area contributed by atoms with Crippen molar-refractivity contribution in [2.24, 2.45) is 0 Å². The van der Waals surface area contributed by atoms with Crippen LogP contribution < -0.4 is 0 Å². The molecule has 0 radical (unpaired) electrons. The van der Waals surface area contributed by atoms with Crippen LogP contribution in [0.25, 0.3) is 0 Å². The van der Waals surface area contributed by atoms with Gasteiger partial charge in [-0.2, -0.15) is 9.48 Å². The number of aliphatic hydroxyl groups is 1. The van der Waals surface area contributed by atoms with E-state index >= 15 is 0 Å². The molecule has 4 N–H and O–H groups in total. The fourth-order valence-corrected chi connectivity index (χ4v) is 4.46. The summed E-state index contributed by atoms with van der Waals surface area (Å²) in [6.45, 7) is 9.74. The summed E-state index contributed by atoms with van der Waals surface area (Å²) in [6.07, 6.45) is -3.67. The van der Waals surface area contributed by atoms with Crippen LogP contribution in [0.2, 0.25) is 0 Å². The van der Waals surface area contributed by atoms with Crippen LogP contribution in [0.4, 0.5) is 0 Å². The number of carbonyl (C=O) groups is 2. The van der Waals surface area contributed by atoms with E-state index in [1.165, 1.54) is 0 Å². The highest BCUT2D eigenvalue weighted by Gasteiger charge is 2.46. The lowest BCUT2D eigenvalue weighted by molar-refractivity contribution is -1.14. The van der Waals surface area contributed by atoms with Gasteiger partial charge in [-0.05, 0) is 46.2 Å². The minimum Gasteiger partial charge on any atom is -0.508 e. The first-order valence-corrected chi connectivity index (χ1v) is 11.4. The lowest BCUT2D eigenvalue weighted by Crippen LogP contribution is -2.62. The average Bonchev–Trinajstić information content (AvgIpc) is 2.77. The van der Waals surface area contributed by atoms with Gasteiger partial charge in [0.25, 0.3) is 0 Å². The van der Waals surface area contributed by atoms with E-state index in [-0.39, 0.29) is 28.4 Å². The molecule has 8 nitrogen and oxygen atoms in total. The van der Waals surface area contributed by atoms with E-state index in [0.717, 1.165) is 16.7 Å². The van der Waals surface area contributed by atoms with Gasteiger partial charge in [-0.1, -0.05) is 48.0 Å². The Morgan fingerprint density at radius 2 is 1.53 bits per heavy atom. The number of aryl methyl sites for hydroxylation is 1. The zero-order valence-corrected chi connectivity index (χ0v) is 20.4. The maximum atomic E-state index is 11.8. The van der Waals surface area contributed by atoms with Crippen molar-refractivity contribution in [1.82, 2.24) is 0 Å². The molecule has 0 aliphatic carbocycles. The number of nitrogens with zero attached hydrogens (tertiary/aromatic N) is 1. The first-order valence-electron chi connectivity index (χ1n) is 11.4. The fourth-order valence-electron chi connectivity index (χ4n) is 4.46. The largest absolute Gasteiger partial charge is 0.508 e. The molecule has 0 aliphatic heterocycles. The predicted molar refractivity (Wildman–Crippen MR) is 127 cm³/mol. The summed E-state index contributed by atoms with van der Waals surface area (Å²) in [5, 5.41) is 39.5. The Balaban J connectivity index is 2.51. The zero-order valence-electron chi connectivity index (χ0n) is 20.4. The summed E-state index contributed by atoms with van der Waals surface area (Å²) in [6, 6.07) is 14.6. The van der Waals surface area contributed by atoms with Gasteiger partial charge in [0.2, 0.25) is 6.10 Å². The molecule has 0 aliphatic rings. The molecule has 0 saturated heterocycles. The molecule has 0 saturated carbocycles. The second kappa shape index (κ2) is 11.5. The van der Waals surface area contributed by atoms with Gasteiger partial charge in [-0.25, -0.2) is 9.59 Å². The molecular formula is C26H36NO7+. The van der Waals surface area contributed by atoms with E-state index in [4.69, 9.17) is 4.84 Å². The number of aliphatic carboxylic acids is 2. The van der Waals surface area contributed by atoms with Gasteiger partial charge >= 0.3 is 11.9 Å². The molecule has 0 spiro atoms. The highest BCUT2D eigenvalue weighted by atomic mass is 16.7. The van der Waals surface area contributed by atoms with E-state index in [0.29, 0.717) is 13.0 Å². The maximum Gasteiger partial charge on any atom is 0.342 e. The monoisotopic (exact) mass is 474 g/mol. The number of hydrogen-bond donors (Lipinski definition) is 4. The third kappa shape index (κ3) is 6.14. The number of hydrogen-bond acceptors (Lipinski definition) is 5. The summed E-state index contributed by atoms with van der Waals surface area (Å²) in [7, 11) is 0. The zero-order chi connectivity index (χ0) is 25.6. The Bertz CT molecular complexity index is 966. The molecule has 2 rings (SSSR count). The number of quaternary nitrogens is 1. The van der Waals surface area contributed by atoms with Crippen molar-refractivity contribution in [1.29, 1.82) is 0 Å². The summed E-state index contributed by atoms with van der Waals surface area (Å²) >= 11 is 0. The van der Waals surface area contributed by atoms with Crippen LogP contribution in [0.15, 0.2) is 48.5 Å². The Kier molecular flexibility index (Phi) is 9.21. The number of hydroxylamine groups is 3. The van der Waals surface area contributed by atoms with E-state index < -0.39 is 24.1 Å². The Labute approximate surface area is 200 Å². The fraction of sp³-hybridized carbons (Fsp3) is 0.462. The number of benzene rings is 2. The molecule has 0 fully saturated rings. The summed E-state index contributed by atoms with van der Waals surface area (Å²) < 4.78 is -0.183. The molecule has 8 heteroatoms. The number of carboxylic acid groups (broad SMARTS) is 2. The third-order valence-electron chi connectivity index (χ3n) is 6.37. The van der Waals surface area contributed by atoms with Crippen molar-refractivity contribution in [3.05, 3.63) is 65.2 Å². The van der Waals surface area contributed by atoms with Crippen LogP contribution in [0.5, 0.6) is 5.75 Å². The third-order valence-corrected chi connectivity index (χ3v) is 6.37. The SMILES string of the molecule is Cc1ccc(O)c([C@H](CC[N+](OC(C(=O)O)C(O)C(=O)O)(C(C)C)C(C)C)c2ccccc2)c1. The number of carboxylic acids is 2. The van der Waals surface area contributed by atoms with Crippen LogP contribution in [0.1, 0.15) is 56.7 Å². The van der Waals surface area contributed by atoms with Crippen molar-refractivity contribution in [3.63, 3.8) is 0 Å². The highest BCUT2D eigenvalue weighted by Crippen LogP contribution is 2.37. The highest BCUT2D eigenvalue weighted by molar-refractivity contribution is 5.83. The van der Waals surface area contributed by atoms with Gasteiger partial charge in [0.15, 0.2) is 6.10 Å². The Morgan fingerprint density at radius 1 is 0.941 bits per heavy atom. The van der Waals surface area contributed by atoms with Gasteiger partial charge in [-0.15, -0.1) is 0 Å². The van der Waals surface area contributed by atoms with Crippen LogP contribution >= 0.6 is 0 Å². The van der Waals surface area contributed by atoms with Crippen LogP contribution in [0.3, 0.4) is 0 Å². The molecule has 2 aromatic carbocycles. The quantitative estimate of drug-likeness (QED) is 0.273. The van der Waals surface area contributed by atoms with Gasteiger partial charge in [0.05, 0.1) is 0 Å². The molecule has 0 heterocycles. The minimum absolute atomic E-state index is 0.164. The van der Waals surface area contributed by atoms with Crippen LogP contribution in [0, 0.1) is 6.92 Å². The Hall–Kier alpha value is -2.94. The van der Waals surface area contributed by atoms with E-state index in [9.17, 15) is 30.0 Å². The predicted octanol–water partition coefficient (Wildman–Crippen LogP) is 3.69. The van der Waals surface area contributed by atoms with Crippen molar-refractivity contribution >= 4 is 11.9 Å². The number of aromatic hydroxyl groups is 1. The first-order chi connectivity index (χ1) is 15.9. The van der Waals surface area contributed by atoms with E-state index in [1.807, 2.05) is 77.1 Å². The summed E-state index contributed by atoms with van der Waals surface area (Å²) in [4.78, 5) is 29.2.